The first-order chi connectivity index (χ1) is 11.7. The van der Waals surface area contributed by atoms with E-state index >= 15 is 0 Å². The Bertz CT molecular complexity index is 951. The maximum Gasteiger partial charge on any atom is 0.374 e. The zero-order valence-electron chi connectivity index (χ0n) is 13.4. The number of furan rings is 1. The number of halogens is 1. The molecule has 1 fully saturated rings. The molecule has 1 atom stereocenters. The first-order valence-electron chi connectivity index (χ1n) is 7.54. The summed E-state index contributed by atoms with van der Waals surface area (Å²) >= 11 is 5.87. The van der Waals surface area contributed by atoms with Gasteiger partial charge in [0.1, 0.15) is 5.58 Å². The van der Waals surface area contributed by atoms with Gasteiger partial charge >= 0.3 is 5.97 Å². The number of carbonyl (C=O) groups excluding carboxylic acids is 2. The van der Waals surface area contributed by atoms with Gasteiger partial charge in [0, 0.05) is 10.4 Å². The number of nitrogens with one attached hydrogen (secondary N) is 1. The van der Waals surface area contributed by atoms with Crippen molar-refractivity contribution in [2.45, 2.75) is 18.9 Å². The second-order valence-electron chi connectivity index (χ2n) is 6.32. The van der Waals surface area contributed by atoms with Gasteiger partial charge in [0.15, 0.2) is 16.4 Å². The molecule has 7 nitrogen and oxygen atoms in total. The lowest BCUT2D eigenvalue weighted by molar-refractivity contribution is -0.125. The molecular formula is C16H16ClNO6S. The smallest absolute Gasteiger partial charge is 0.374 e. The first kappa shape index (κ1) is 17.8. The van der Waals surface area contributed by atoms with Crippen molar-refractivity contribution in [2.75, 3.05) is 18.1 Å². The summed E-state index contributed by atoms with van der Waals surface area (Å²) in [5.41, 5.74) is -0.359. The van der Waals surface area contributed by atoms with E-state index in [0.717, 1.165) is 0 Å². The van der Waals surface area contributed by atoms with Crippen molar-refractivity contribution >= 4 is 44.3 Å². The van der Waals surface area contributed by atoms with Gasteiger partial charge in [-0.05, 0) is 37.6 Å². The van der Waals surface area contributed by atoms with Crippen LogP contribution in [0.15, 0.2) is 28.7 Å². The maximum absolute atomic E-state index is 12.0. The van der Waals surface area contributed by atoms with Crippen LogP contribution in [-0.2, 0) is 19.4 Å². The number of esters is 1. The predicted octanol–water partition coefficient (Wildman–Crippen LogP) is 1.94. The zero-order valence-corrected chi connectivity index (χ0v) is 14.9. The summed E-state index contributed by atoms with van der Waals surface area (Å²) in [6, 6.07) is 6.38. The molecule has 9 heteroatoms. The fourth-order valence-corrected chi connectivity index (χ4v) is 5.07. The predicted molar refractivity (Wildman–Crippen MR) is 91.3 cm³/mol. The number of fused-ring (bicyclic) bond motifs is 1. The minimum atomic E-state index is -3.14. The molecule has 0 bridgehead atoms. The molecule has 3 rings (SSSR count). The molecule has 1 aliphatic heterocycles. The van der Waals surface area contributed by atoms with Gasteiger partial charge in [0.2, 0.25) is 5.76 Å². The van der Waals surface area contributed by atoms with Crippen LogP contribution in [0.25, 0.3) is 11.0 Å². The van der Waals surface area contributed by atoms with Crippen LogP contribution in [-0.4, -0.2) is 43.9 Å². The summed E-state index contributed by atoms with van der Waals surface area (Å²) in [7, 11) is -3.14. The zero-order chi connectivity index (χ0) is 18.2. The molecule has 1 N–H and O–H groups in total. The normalized spacial score (nSPS) is 22.0. The van der Waals surface area contributed by atoms with E-state index < -0.39 is 33.9 Å². The van der Waals surface area contributed by atoms with Crippen LogP contribution in [0.2, 0.25) is 5.02 Å². The third kappa shape index (κ3) is 4.13. The van der Waals surface area contributed by atoms with E-state index in [1.54, 1.807) is 25.1 Å². The summed E-state index contributed by atoms with van der Waals surface area (Å²) in [4.78, 5) is 23.9. The number of rotatable bonds is 4. The lowest BCUT2D eigenvalue weighted by Gasteiger charge is -2.23. The molecule has 1 aliphatic rings. The van der Waals surface area contributed by atoms with Crippen LogP contribution in [0.3, 0.4) is 0 Å². The Morgan fingerprint density at radius 1 is 1.36 bits per heavy atom. The van der Waals surface area contributed by atoms with E-state index in [9.17, 15) is 18.0 Å². The second kappa shape index (κ2) is 6.34. The SMILES string of the molecule is C[C@]1(NC(=O)COC(=O)c2cc3cc(Cl)ccc3o2)CCS(=O)(=O)C1. The minimum absolute atomic E-state index is 0.0328. The van der Waals surface area contributed by atoms with E-state index in [0.29, 0.717) is 22.4 Å². The summed E-state index contributed by atoms with van der Waals surface area (Å²) in [6.07, 6.45) is 0.333. The van der Waals surface area contributed by atoms with E-state index in [2.05, 4.69) is 5.32 Å². The fraction of sp³-hybridized carbons (Fsp3) is 0.375. The molecule has 1 aromatic carbocycles. The molecule has 134 valence electrons. The third-order valence-electron chi connectivity index (χ3n) is 3.96. The average Bonchev–Trinajstić information content (AvgIpc) is 3.04. The highest BCUT2D eigenvalue weighted by Gasteiger charge is 2.39. The highest BCUT2D eigenvalue weighted by atomic mass is 35.5. The van der Waals surface area contributed by atoms with Gasteiger partial charge in [-0.2, -0.15) is 0 Å². The third-order valence-corrected chi connectivity index (χ3v) is 6.10. The minimum Gasteiger partial charge on any atom is -0.450 e. The van der Waals surface area contributed by atoms with E-state index in [-0.39, 0.29) is 17.3 Å². The van der Waals surface area contributed by atoms with Crippen molar-refractivity contribution in [2.24, 2.45) is 0 Å². The molecule has 25 heavy (non-hydrogen) atoms. The fourth-order valence-electron chi connectivity index (χ4n) is 2.80. The Hall–Kier alpha value is -2.06. The van der Waals surface area contributed by atoms with Gasteiger partial charge in [-0.3, -0.25) is 4.79 Å². The number of benzene rings is 1. The highest BCUT2D eigenvalue weighted by Crippen LogP contribution is 2.24. The number of sulfone groups is 1. The van der Waals surface area contributed by atoms with Crippen molar-refractivity contribution in [3.05, 3.63) is 35.0 Å². The van der Waals surface area contributed by atoms with Gasteiger partial charge in [-0.1, -0.05) is 11.6 Å². The molecular weight excluding hydrogens is 370 g/mol. The second-order valence-corrected chi connectivity index (χ2v) is 8.94. The number of hydrogen-bond acceptors (Lipinski definition) is 6. The van der Waals surface area contributed by atoms with Crippen LogP contribution >= 0.6 is 11.6 Å². The Morgan fingerprint density at radius 3 is 2.80 bits per heavy atom. The van der Waals surface area contributed by atoms with Crippen LogP contribution < -0.4 is 5.32 Å². The van der Waals surface area contributed by atoms with Crippen LogP contribution in [0.5, 0.6) is 0 Å². The quantitative estimate of drug-likeness (QED) is 0.807. The van der Waals surface area contributed by atoms with Crippen molar-refractivity contribution in [3.8, 4) is 0 Å². The van der Waals surface area contributed by atoms with Gasteiger partial charge in [-0.25, -0.2) is 13.2 Å². The van der Waals surface area contributed by atoms with Crippen molar-refractivity contribution in [1.82, 2.24) is 5.32 Å². The first-order valence-corrected chi connectivity index (χ1v) is 9.73. The Morgan fingerprint density at radius 2 is 2.12 bits per heavy atom. The molecule has 0 saturated carbocycles. The molecule has 2 aromatic rings. The molecule has 0 spiro atoms. The van der Waals surface area contributed by atoms with Gasteiger partial charge in [-0.15, -0.1) is 0 Å². The van der Waals surface area contributed by atoms with Crippen molar-refractivity contribution < 1.29 is 27.2 Å². The van der Waals surface area contributed by atoms with Crippen LogP contribution in [0.1, 0.15) is 23.9 Å². The lowest BCUT2D eigenvalue weighted by atomic mass is 10.0. The monoisotopic (exact) mass is 385 g/mol. The number of ether oxygens (including phenoxy) is 1. The number of amides is 1. The lowest BCUT2D eigenvalue weighted by Crippen LogP contribution is -2.48. The molecule has 1 aromatic heterocycles. The standard InChI is InChI=1S/C16H16ClNO6S/c1-16(4-5-25(21,22)9-16)18-14(19)8-23-15(20)13-7-10-6-11(17)2-3-12(10)24-13/h2-3,6-7H,4-5,8-9H2,1H3,(H,18,19)/t16-/m0/s1. The summed E-state index contributed by atoms with van der Waals surface area (Å²) in [6.45, 7) is 1.13. The van der Waals surface area contributed by atoms with Crippen molar-refractivity contribution in [3.63, 3.8) is 0 Å². The molecule has 0 radical (unpaired) electrons. The topological polar surface area (TPSA) is 103 Å². The van der Waals surface area contributed by atoms with Crippen molar-refractivity contribution in [1.29, 1.82) is 0 Å². The Balaban J connectivity index is 1.59. The van der Waals surface area contributed by atoms with Gasteiger partial charge < -0.3 is 14.5 Å². The van der Waals surface area contributed by atoms with E-state index in [4.69, 9.17) is 20.8 Å². The van der Waals surface area contributed by atoms with E-state index in [1.807, 2.05) is 0 Å². The molecule has 1 amide bonds. The van der Waals surface area contributed by atoms with Gasteiger partial charge in [0.25, 0.3) is 5.91 Å². The summed E-state index contributed by atoms with van der Waals surface area (Å²) in [5, 5.41) is 3.76. The van der Waals surface area contributed by atoms with Gasteiger partial charge in [0.05, 0.1) is 17.0 Å². The number of carbonyl (C=O) groups is 2. The summed E-state index contributed by atoms with van der Waals surface area (Å²) in [5.74, 6) is -1.48. The van der Waals surface area contributed by atoms with Crippen LogP contribution in [0, 0.1) is 0 Å². The Kier molecular flexibility index (Phi) is 4.51. The largest absolute Gasteiger partial charge is 0.450 e. The molecule has 2 heterocycles. The maximum atomic E-state index is 12.0. The molecule has 0 unspecified atom stereocenters. The molecule has 0 aliphatic carbocycles. The van der Waals surface area contributed by atoms with E-state index in [1.165, 1.54) is 6.07 Å². The number of hydrogen-bond donors (Lipinski definition) is 1. The average molecular weight is 386 g/mol. The molecule has 1 saturated heterocycles. The van der Waals surface area contributed by atoms with Crippen LogP contribution in [0.4, 0.5) is 0 Å². The Labute approximate surface area is 149 Å². The summed E-state index contributed by atoms with van der Waals surface area (Å²) < 4.78 is 33.3. The highest BCUT2D eigenvalue weighted by molar-refractivity contribution is 7.91.